The van der Waals surface area contributed by atoms with Gasteiger partial charge in [-0.2, -0.15) is 0 Å². The number of hydrogen-bond donors (Lipinski definition) is 0. The second kappa shape index (κ2) is 21.1. The van der Waals surface area contributed by atoms with Crippen molar-refractivity contribution in [2.75, 3.05) is 59.3 Å². The van der Waals surface area contributed by atoms with Crippen molar-refractivity contribution in [3.05, 3.63) is 172 Å². The van der Waals surface area contributed by atoms with E-state index in [0.717, 1.165) is 52.2 Å². The lowest BCUT2D eigenvalue weighted by atomic mass is 9.82. The van der Waals surface area contributed by atoms with E-state index in [1.807, 2.05) is 85.8 Å². The van der Waals surface area contributed by atoms with Crippen LogP contribution in [0.25, 0.3) is 0 Å². The van der Waals surface area contributed by atoms with E-state index in [2.05, 4.69) is 59.5 Å². The van der Waals surface area contributed by atoms with Gasteiger partial charge >= 0.3 is 0 Å². The SMILES string of the molecule is CCOc1ccc(Cc2cc(C3OC4(COCC(N5CCOCC5)COC4)C(OCc4ccccc4)C(OCc4ccccc4)C3OCc3ccccc3)ccc2Cl)cc1. The molecule has 0 bridgehead atoms. The Balaban J connectivity index is 1.18. The topological polar surface area (TPSA) is 77.1 Å². The molecule has 4 unspecified atom stereocenters. The summed E-state index contributed by atoms with van der Waals surface area (Å²) >= 11 is 6.98. The number of halogens is 1. The minimum atomic E-state index is -1.07. The van der Waals surface area contributed by atoms with E-state index in [1.165, 1.54) is 0 Å². The van der Waals surface area contributed by atoms with E-state index >= 15 is 0 Å². The molecular formula is C50H56ClNO8. The average Bonchev–Trinajstić information content (AvgIpc) is 3.28. The normalized spacial score (nSPS) is 25.1. The van der Waals surface area contributed by atoms with Crippen LogP contribution in [0.2, 0.25) is 5.02 Å². The van der Waals surface area contributed by atoms with Crippen molar-refractivity contribution in [3.8, 4) is 5.75 Å². The van der Waals surface area contributed by atoms with Crippen LogP contribution in [-0.2, 0) is 59.4 Å². The van der Waals surface area contributed by atoms with Crippen molar-refractivity contribution in [3.63, 3.8) is 0 Å². The Labute approximate surface area is 359 Å². The van der Waals surface area contributed by atoms with Gasteiger partial charge in [0.25, 0.3) is 0 Å². The molecule has 60 heavy (non-hydrogen) atoms. The van der Waals surface area contributed by atoms with Crippen molar-refractivity contribution in [1.82, 2.24) is 4.90 Å². The zero-order chi connectivity index (χ0) is 41.0. The lowest BCUT2D eigenvalue weighted by molar-refractivity contribution is -0.327. The zero-order valence-electron chi connectivity index (χ0n) is 34.4. The first-order valence-electron chi connectivity index (χ1n) is 21.2. The number of rotatable bonds is 15. The number of nitrogens with zero attached hydrogens (tertiary/aromatic N) is 1. The lowest BCUT2D eigenvalue weighted by Gasteiger charge is -2.53. The summed E-state index contributed by atoms with van der Waals surface area (Å²) in [5, 5.41) is 0.674. The van der Waals surface area contributed by atoms with Crippen molar-refractivity contribution in [1.29, 1.82) is 0 Å². The van der Waals surface area contributed by atoms with Gasteiger partial charge in [0, 0.05) is 18.1 Å². The van der Waals surface area contributed by atoms with Crippen molar-refractivity contribution >= 4 is 11.6 Å². The summed E-state index contributed by atoms with van der Waals surface area (Å²) < 4.78 is 53.6. The largest absolute Gasteiger partial charge is 0.494 e. The first kappa shape index (κ1) is 42.6. The highest BCUT2D eigenvalue weighted by molar-refractivity contribution is 6.31. The molecule has 0 N–H and O–H groups in total. The molecule has 316 valence electrons. The molecule has 10 heteroatoms. The lowest BCUT2D eigenvalue weighted by Crippen LogP contribution is -2.68. The minimum Gasteiger partial charge on any atom is -0.494 e. The van der Waals surface area contributed by atoms with Gasteiger partial charge in [0.2, 0.25) is 0 Å². The third-order valence-corrected chi connectivity index (χ3v) is 11.9. The molecule has 1 spiro atoms. The maximum Gasteiger partial charge on any atom is 0.144 e. The molecule has 0 amide bonds. The molecule has 3 aliphatic rings. The fraction of sp³-hybridized carbons (Fsp3) is 0.400. The molecular weight excluding hydrogens is 778 g/mol. The van der Waals surface area contributed by atoms with Gasteiger partial charge < -0.3 is 37.9 Å². The van der Waals surface area contributed by atoms with Gasteiger partial charge in [-0.1, -0.05) is 127 Å². The highest BCUT2D eigenvalue weighted by atomic mass is 35.5. The quantitative estimate of drug-likeness (QED) is 0.103. The zero-order valence-corrected chi connectivity index (χ0v) is 35.1. The average molecular weight is 834 g/mol. The van der Waals surface area contributed by atoms with Crippen LogP contribution in [0.3, 0.4) is 0 Å². The standard InChI is InChI=1S/C50H56ClNO8/c1-2-56-44-21-18-37(19-22-44)28-42-29-41(20-23-45(42)51)46-47(57-30-38-12-6-3-7-13-38)48(58-31-39-14-8-4-9-15-39)49(59-32-40-16-10-5-11-17-40)50(60-46)35-54-33-43(34-55-36-50)52-24-26-53-27-25-52/h3-23,29,43,46-49H,2,24-28,30-36H2,1H3. The first-order chi connectivity index (χ1) is 29.6. The number of ether oxygens (including phenoxy) is 8. The molecule has 5 aromatic carbocycles. The highest BCUT2D eigenvalue weighted by Crippen LogP contribution is 2.45. The Morgan fingerprint density at radius 3 is 1.78 bits per heavy atom. The number of benzene rings is 5. The Morgan fingerprint density at radius 1 is 0.633 bits per heavy atom. The third-order valence-electron chi connectivity index (χ3n) is 11.5. The van der Waals surface area contributed by atoms with Gasteiger partial charge in [0.05, 0.1) is 72.1 Å². The summed E-state index contributed by atoms with van der Waals surface area (Å²) in [7, 11) is 0. The minimum absolute atomic E-state index is 0.0998. The van der Waals surface area contributed by atoms with Gasteiger partial charge in [-0.3, -0.25) is 4.90 Å². The molecule has 8 rings (SSSR count). The summed E-state index contributed by atoms with van der Waals surface area (Å²) in [6.07, 6.45) is -1.84. The molecule has 0 radical (unpaired) electrons. The van der Waals surface area contributed by atoms with E-state index in [1.54, 1.807) is 0 Å². The van der Waals surface area contributed by atoms with Gasteiger partial charge in [0.1, 0.15) is 35.8 Å². The molecule has 4 atom stereocenters. The molecule has 5 aromatic rings. The molecule has 3 saturated heterocycles. The van der Waals surface area contributed by atoms with E-state index in [4.69, 9.17) is 49.5 Å². The molecule has 0 saturated carbocycles. The van der Waals surface area contributed by atoms with Crippen LogP contribution >= 0.6 is 11.6 Å². The van der Waals surface area contributed by atoms with Gasteiger partial charge in [-0.05, 0) is 64.9 Å². The molecule has 9 nitrogen and oxygen atoms in total. The van der Waals surface area contributed by atoms with Gasteiger partial charge in [-0.25, -0.2) is 0 Å². The Hall–Kier alpha value is -4.13. The van der Waals surface area contributed by atoms with Gasteiger partial charge in [0.15, 0.2) is 0 Å². The predicted octanol–water partition coefficient (Wildman–Crippen LogP) is 8.64. The van der Waals surface area contributed by atoms with E-state index in [-0.39, 0.29) is 19.3 Å². The predicted molar refractivity (Wildman–Crippen MR) is 231 cm³/mol. The van der Waals surface area contributed by atoms with Crippen molar-refractivity contribution < 1.29 is 37.9 Å². The summed E-state index contributed by atoms with van der Waals surface area (Å²) in [5.74, 6) is 0.839. The molecule has 3 heterocycles. The first-order valence-corrected chi connectivity index (χ1v) is 21.6. The van der Waals surface area contributed by atoms with Crippen LogP contribution in [0.4, 0.5) is 0 Å². The second-order valence-electron chi connectivity index (χ2n) is 15.8. The smallest absolute Gasteiger partial charge is 0.144 e. The second-order valence-corrected chi connectivity index (χ2v) is 16.2. The Kier molecular flexibility index (Phi) is 15.0. The molecule has 3 fully saturated rings. The van der Waals surface area contributed by atoms with E-state index in [0.29, 0.717) is 64.3 Å². The molecule has 0 aromatic heterocycles. The van der Waals surface area contributed by atoms with Crippen LogP contribution in [0.15, 0.2) is 133 Å². The van der Waals surface area contributed by atoms with E-state index in [9.17, 15) is 0 Å². The summed E-state index contributed by atoms with van der Waals surface area (Å²) in [6.45, 7) is 8.13. The van der Waals surface area contributed by atoms with E-state index < -0.39 is 30.0 Å². The van der Waals surface area contributed by atoms with Crippen molar-refractivity contribution in [2.24, 2.45) is 0 Å². The summed E-state index contributed by atoms with van der Waals surface area (Å²) in [5.41, 5.74) is 5.06. The third kappa shape index (κ3) is 10.8. The highest BCUT2D eigenvalue weighted by Gasteiger charge is 2.58. The number of hydrogen-bond acceptors (Lipinski definition) is 9. The van der Waals surface area contributed by atoms with Crippen LogP contribution in [0.5, 0.6) is 5.75 Å². The maximum absolute atomic E-state index is 7.52. The maximum atomic E-state index is 7.52. The fourth-order valence-electron chi connectivity index (χ4n) is 8.40. The Morgan fingerprint density at radius 2 is 1.20 bits per heavy atom. The van der Waals surface area contributed by atoms with Gasteiger partial charge in [-0.15, -0.1) is 0 Å². The fourth-order valence-corrected chi connectivity index (χ4v) is 8.59. The van der Waals surface area contributed by atoms with Crippen molar-refractivity contribution in [2.45, 2.75) is 69.2 Å². The Bertz CT molecular complexity index is 2020. The monoisotopic (exact) mass is 833 g/mol. The van der Waals surface area contributed by atoms with Crippen LogP contribution in [0.1, 0.15) is 46.4 Å². The summed E-state index contributed by atoms with van der Waals surface area (Å²) in [4.78, 5) is 2.40. The van der Waals surface area contributed by atoms with Crippen LogP contribution in [-0.4, -0.2) is 94.2 Å². The molecule has 3 aliphatic heterocycles. The molecule has 0 aliphatic carbocycles. The number of morpholine rings is 1. The summed E-state index contributed by atoms with van der Waals surface area (Å²) in [6, 6.07) is 45.0. The van der Waals surface area contributed by atoms with Crippen LogP contribution in [0, 0.1) is 0 Å². The van der Waals surface area contributed by atoms with Crippen LogP contribution < -0.4 is 4.74 Å².